The summed E-state index contributed by atoms with van der Waals surface area (Å²) in [5, 5.41) is 5.69. The maximum Gasteiger partial charge on any atom is 0.242 e. The molecule has 1 unspecified atom stereocenters. The van der Waals surface area contributed by atoms with Crippen molar-refractivity contribution in [1.29, 1.82) is 0 Å². The van der Waals surface area contributed by atoms with Crippen molar-refractivity contribution in [2.75, 3.05) is 20.1 Å². The normalized spacial score (nSPS) is 29.8. The average Bonchev–Trinajstić information content (AvgIpc) is 2.62. The van der Waals surface area contributed by atoms with Crippen LogP contribution in [0.2, 0.25) is 0 Å². The Hall–Kier alpha value is -1.10. The predicted octanol–water partition coefficient (Wildman–Crippen LogP) is -0.915. The van der Waals surface area contributed by atoms with E-state index in [1.807, 2.05) is 0 Å². The van der Waals surface area contributed by atoms with Crippen LogP contribution in [0, 0.1) is 0 Å². The zero-order valence-electron chi connectivity index (χ0n) is 8.95. The largest absolute Gasteiger partial charge is 0.357 e. The number of amides is 2. The molecule has 0 spiro atoms. The summed E-state index contributed by atoms with van der Waals surface area (Å²) in [5.41, 5.74) is 0. The van der Waals surface area contributed by atoms with Crippen molar-refractivity contribution in [2.45, 2.75) is 31.3 Å². The van der Waals surface area contributed by atoms with E-state index in [4.69, 9.17) is 0 Å². The predicted molar refractivity (Wildman–Crippen MR) is 55.2 cm³/mol. The van der Waals surface area contributed by atoms with Crippen molar-refractivity contribution in [3.05, 3.63) is 0 Å². The zero-order chi connectivity index (χ0) is 10.8. The van der Waals surface area contributed by atoms with Crippen molar-refractivity contribution >= 4 is 11.8 Å². The molecule has 2 rings (SSSR count). The Labute approximate surface area is 89.2 Å². The lowest BCUT2D eigenvalue weighted by molar-refractivity contribution is -0.141. The van der Waals surface area contributed by atoms with Crippen LogP contribution < -0.4 is 10.6 Å². The lowest BCUT2D eigenvalue weighted by atomic mass is 10.1. The first-order chi connectivity index (χ1) is 7.24. The molecule has 0 aliphatic carbocycles. The van der Waals surface area contributed by atoms with E-state index in [9.17, 15) is 9.59 Å². The summed E-state index contributed by atoms with van der Waals surface area (Å²) in [4.78, 5) is 25.2. The Balaban J connectivity index is 2.00. The molecule has 5 heteroatoms. The van der Waals surface area contributed by atoms with Gasteiger partial charge in [0.25, 0.3) is 0 Å². The average molecular weight is 211 g/mol. The Morgan fingerprint density at radius 3 is 2.67 bits per heavy atom. The van der Waals surface area contributed by atoms with Crippen LogP contribution in [0.3, 0.4) is 0 Å². The molecule has 2 aliphatic heterocycles. The molecule has 2 amide bonds. The van der Waals surface area contributed by atoms with Gasteiger partial charge in [-0.05, 0) is 25.8 Å². The standard InChI is InChI=1S/C10H17N3O2/c1-11-9(14)8-3-2-6-13(8)10(15)7-4-5-12-7/h7-8,12H,2-6H2,1H3,(H,11,14)/t7-,8?/m1/s1. The number of rotatable bonds is 2. The van der Waals surface area contributed by atoms with Gasteiger partial charge in [-0.25, -0.2) is 0 Å². The summed E-state index contributed by atoms with van der Waals surface area (Å²) >= 11 is 0. The third-order valence-electron chi connectivity index (χ3n) is 3.21. The summed E-state index contributed by atoms with van der Waals surface area (Å²) in [6.07, 6.45) is 2.62. The highest BCUT2D eigenvalue weighted by molar-refractivity contribution is 5.90. The minimum atomic E-state index is -0.245. The van der Waals surface area contributed by atoms with E-state index in [-0.39, 0.29) is 23.9 Å². The van der Waals surface area contributed by atoms with Gasteiger partial charge in [0.05, 0.1) is 6.04 Å². The van der Waals surface area contributed by atoms with E-state index in [2.05, 4.69) is 10.6 Å². The molecule has 15 heavy (non-hydrogen) atoms. The fourth-order valence-corrected chi connectivity index (χ4v) is 2.17. The van der Waals surface area contributed by atoms with E-state index in [0.29, 0.717) is 0 Å². The number of hydrogen-bond donors (Lipinski definition) is 2. The number of likely N-dealkylation sites (N-methyl/N-ethyl adjacent to an activating group) is 1. The molecule has 0 aromatic heterocycles. The molecule has 2 fully saturated rings. The van der Waals surface area contributed by atoms with Gasteiger partial charge in [-0.15, -0.1) is 0 Å². The maximum absolute atomic E-state index is 11.9. The molecule has 0 saturated carbocycles. The molecule has 84 valence electrons. The molecule has 0 radical (unpaired) electrons. The number of nitrogens with one attached hydrogen (secondary N) is 2. The molecular weight excluding hydrogens is 194 g/mol. The first-order valence-electron chi connectivity index (χ1n) is 5.49. The highest BCUT2D eigenvalue weighted by atomic mass is 16.2. The van der Waals surface area contributed by atoms with Gasteiger partial charge >= 0.3 is 0 Å². The fraction of sp³-hybridized carbons (Fsp3) is 0.800. The van der Waals surface area contributed by atoms with Gasteiger partial charge in [0.1, 0.15) is 6.04 Å². The second-order valence-corrected chi connectivity index (χ2v) is 4.10. The van der Waals surface area contributed by atoms with Gasteiger partial charge < -0.3 is 15.5 Å². The zero-order valence-corrected chi connectivity index (χ0v) is 8.95. The van der Waals surface area contributed by atoms with E-state index >= 15 is 0 Å². The third kappa shape index (κ3) is 1.84. The summed E-state index contributed by atoms with van der Waals surface area (Å²) < 4.78 is 0. The van der Waals surface area contributed by atoms with Crippen LogP contribution in [-0.4, -0.2) is 48.9 Å². The van der Waals surface area contributed by atoms with Crippen molar-refractivity contribution in [1.82, 2.24) is 15.5 Å². The van der Waals surface area contributed by atoms with Gasteiger partial charge in [0, 0.05) is 13.6 Å². The molecular formula is C10H17N3O2. The van der Waals surface area contributed by atoms with Crippen LogP contribution >= 0.6 is 0 Å². The van der Waals surface area contributed by atoms with E-state index in [0.717, 1.165) is 32.4 Å². The molecule has 2 aliphatic rings. The second kappa shape index (κ2) is 4.18. The number of carbonyl (C=O) groups excluding carboxylic acids is 2. The van der Waals surface area contributed by atoms with E-state index in [1.54, 1.807) is 11.9 Å². The van der Waals surface area contributed by atoms with Crippen LogP contribution in [0.4, 0.5) is 0 Å². The van der Waals surface area contributed by atoms with Gasteiger partial charge in [-0.2, -0.15) is 0 Å². The highest BCUT2D eigenvalue weighted by Gasteiger charge is 2.38. The van der Waals surface area contributed by atoms with E-state index < -0.39 is 0 Å². The number of carbonyl (C=O) groups is 2. The first-order valence-corrected chi connectivity index (χ1v) is 5.49. The number of likely N-dealkylation sites (tertiary alicyclic amines) is 1. The highest BCUT2D eigenvalue weighted by Crippen LogP contribution is 2.20. The topological polar surface area (TPSA) is 61.4 Å². The molecule has 0 aromatic rings. The van der Waals surface area contributed by atoms with Gasteiger partial charge in [0.2, 0.25) is 11.8 Å². The Bertz CT molecular complexity index is 276. The van der Waals surface area contributed by atoms with Crippen molar-refractivity contribution in [3.63, 3.8) is 0 Å². The summed E-state index contributed by atoms with van der Waals surface area (Å²) in [5.74, 6) is 0.0486. The van der Waals surface area contributed by atoms with Crippen molar-refractivity contribution in [2.24, 2.45) is 0 Å². The Kier molecular flexibility index (Phi) is 2.90. The third-order valence-corrected chi connectivity index (χ3v) is 3.21. The van der Waals surface area contributed by atoms with Crippen molar-refractivity contribution in [3.8, 4) is 0 Å². The smallest absolute Gasteiger partial charge is 0.242 e. The Morgan fingerprint density at radius 2 is 2.13 bits per heavy atom. The lowest BCUT2D eigenvalue weighted by Crippen LogP contribution is -2.57. The summed E-state index contributed by atoms with van der Waals surface area (Å²) in [6.45, 7) is 1.63. The second-order valence-electron chi connectivity index (χ2n) is 4.10. The Morgan fingerprint density at radius 1 is 1.40 bits per heavy atom. The molecule has 0 aromatic carbocycles. The van der Waals surface area contributed by atoms with Crippen molar-refractivity contribution < 1.29 is 9.59 Å². The quantitative estimate of drug-likeness (QED) is 0.621. The minimum absolute atomic E-state index is 0.0415. The fourth-order valence-electron chi connectivity index (χ4n) is 2.17. The lowest BCUT2D eigenvalue weighted by Gasteiger charge is -2.33. The molecule has 5 nitrogen and oxygen atoms in total. The maximum atomic E-state index is 11.9. The minimum Gasteiger partial charge on any atom is -0.357 e. The van der Waals surface area contributed by atoms with Crippen LogP contribution in [0.15, 0.2) is 0 Å². The summed E-state index contributed by atoms with van der Waals surface area (Å²) in [7, 11) is 1.62. The molecule has 2 atom stereocenters. The van der Waals surface area contributed by atoms with Crippen LogP contribution in [0.1, 0.15) is 19.3 Å². The van der Waals surface area contributed by atoms with E-state index in [1.165, 1.54) is 0 Å². The molecule has 0 bridgehead atoms. The molecule has 2 N–H and O–H groups in total. The van der Waals surface area contributed by atoms with Gasteiger partial charge in [-0.3, -0.25) is 9.59 Å². The summed E-state index contributed by atoms with van der Waals surface area (Å²) in [6, 6.07) is -0.292. The van der Waals surface area contributed by atoms with Crippen LogP contribution in [-0.2, 0) is 9.59 Å². The first kappa shape index (κ1) is 10.4. The number of hydrogen-bond acceptors (Lipinski definition) is 3. The monoisotopic (exact) mass is 211 g/mol. The molecule has 2 saturated heterocycles. The number of nitrogens with zero attached hydrogens (tertiary/aromatic N) is 1. The van der Waals surface area contributed by atoms with Crippen LogP contribution in [0.25, 0.3) is 0 Å². The van der Waals surface area contributed by atoms with Gasteiger partial charge in [0.15, 0.2) is 0 Å². The molecule has 2 heterocycles. The van der Waals surface area contributed by atoms with Crippen LogP contribution in [0.5, 0.6) is 0 Å². The SMILES string of the molecule is CNC(=O)C1CCCN1C(=O)[C@H]1CCN1. The van der Waals surface area contributed by atoms with Gasteiger partial charge in [-0.1, -0.05) is 0 Å².